The molecule has 5 heteroatoms. The lowest BCUT2D eigenvalue weighted by molar-refractivity contribution is -0.147. The summed E-state index contributed by atoms with van der Waals surface area (Å²) in [5, 5.41) is 11.5. The summed E-state index contributed by atoms with van der Waals surface area (Å²) in [6.07, 6.45) is 1.53. The van der Waals surface area contributed by atoms with Gasteiger partial charge in [0.05, 0.1) is 5.41 Å². The minimum absolute atomic E-state index is 0.0572. The lowest BCUT2D eigenvalue weighted by Crippen LogP contribution is -2.31. The number of hydrogen-bond acceptors (Lipinski definition) is 3. The summed E-state index contributed by atoms with van der Waals surface area (Å²) in [6.45, 7) is 4.25. The van der Waals surface area contributed by atoms with Crippen LogP contribution < -0.4 is 5.32 Å². The topological polar surface area (TPSA) is 75.6 Å². The van der Waals surface area contributed by atoms with Crippen molar-refractivity contribution in [1.29, 1.82) is 0 Å². The summed E-state index contributed by atoms with van der Waals surface area (Å²) in [7, 11) is 1.59. The fourth-order valence-corrected chi connectivity index (χ4v) is 1.09. The van der Waals surface area contributed by atoms with Gasteiger partial charge in [-0.05, 0) is 26.7 Å². The highest BCUT2D eigenvalue weighted by atomic mass is 16.5. The Morgan fingerprint density at radius 3 is 2.50 bits per heavy atom. The van der Waals surface area contributed by atoms with Crippen LogP contribution in [0.5, 0.6) is 0 Å². The monoisotopic (exact) mass is 231 g/mol. The van der Waals surface area contributed by atoms with Crippen LogP contribution >= 0.6 is 0 Å². The zero-order valence-corrected chi connectivity index (χ0v) is 10.2. The lowest BCUT2D eigenvalue weighted by atomic mass is 9.90. The third kappa shape index (κ3) is 6.40. The number of nitrogens with one attached hydrogen (secondary N) is 1. The molecule has 0 unspecified atom stereocenters. The molecule has 2 N–H and O–H groups in total. The van der Waals surface area contributed by atoms with Crippen LogP contribution in [0.3, 0.4) is 0 Å². The normalized spacial score (nSPS) is 11.2. The van der Waals surface area contributed by atoms with Crippen molar-refractivity contribution in [1.82, 2.24) is 5.32 Å². The Hall–Kier alpha value is -1.10. The van der Waals surface area contributed by atoms with Gasteiger partial charge in [0.15, 0.2) is 0 Å². The van der Waals surface area contributed by atoms with Crippen molar-refractivity contribution in [3.8, 4) is 0 Å². The summed E-state index contributed by atoms with van der Waals surface area (Å²) < 4.78 is 4.82. The van der Waals surface area contributed by atoms with E-state index in [4.69, 9.17) is 9.84 Å². The van der Waals surface area contributed by atoms with Crippen molar-refractivity contribution < 1.29 is 19.4 Å². The number of aliphatic carboxylic acids is 1. The van der Waals surface area contributed by atoms with Crippen LogP contribution in [0.1, 0.15) is 33.1 Å². The van der Waals surface area contributed by atoms with E-state index in [9.17, 15) is 9.59 Å². The van der Waals surface area contributed by atoms with Gasteiger partial charge < -0.3 is 15.2 Å². The molecule has 0 rings (SSSR count). The minimum Gasteiger partial charge on any atom is -0.481 e. The molecule has 94 valence electrons. The van der Waals surface area contributed by atoms with E-state index in [0.717, 1.165) is 0 Å². The second-order valence-corrected chi connectivity index (χ2v) is 4.39. The van der Waals surface area contributed by atoms with Crippen LogP contribution in [-0.2, 0) is 14.3 Å². The molecule has 0 aliphatic rings. The van der Waals surface area contributed by atoms with Crippen molar-refractivity contribution in [3.63, 3.8) is 0 Å². The van der Waals surface area contributed by atoms with E-state index in [1.807, 2.05) is 0 Å². The van der Waals surface area contributed by atoms with Gasteiger partial charge in [0.1, 0.15) is 0 Å². The highest BCUT2D eigenvalue weighted by molar-refractivity contribution is 5.76. The van der Waals surface area contributed by atoms with Crippen molar-refractivity contribution >= 4 is 11.9 Å². The maximum atomic E-state index is 11.3. The molecule has 0 saturated carbocycles. The minimum atomic E-state index is -0.846. The highest BCUT2D eigenvalue weighted by Gasteiger charge is 2.26. The second kappa shape index (κ2) is 7.22. The van der Waals surface area contributed by atoms with Crippen molar-refractivity contribution in [3.05, 3.63) is 0 Å². The molecule has 0 bridgehead atoms. The molecule has 0 radical (unpaired) electrons. The molecule has 0 aromatic carbocycles. The summed E-state index contributed by atoms with van der Waals surface area (Å²) in [6, 6.07) is 0. The van der Waals surface area contributed by atoms with Crippen molar-refractivity contribution in [2.24, 2.45) is 5.41 Å². The third-order valence-corrected chi connectivity index (χ3v) is 2.40. The summed E-state index contributed by atoms with van der Waals surface area (Å²) in [5.74, 6) is -0.903. The molecule has 0 saturated heterocycles. The van der Waals surface area contributed by atoms with Gasteiger partial charge in [0.25, 0.3) is 0 Å². The zero-order valence-electron chi connectivity index (χ0n) is 10.2. The molecular formula is C11H21NO4. The average molecular weight is 231 g/mol. The zero-order chi connectivity index (χ0) is 12.6. The van der Waals surface area contributed by atoms with Gasteiger partial charge >= 0.3 is 5.97 Å². The number of carbonyl (C=O) groups excluding carboxylic acids is 1. The molecule has 5 nitrogen and oxygen atoms in total. The molecule has 0 aromatic heterocycles. The van der Waals surface area contributed by atoms with Gasteiger partial charge in [-0.15, -0.1) is 0 Å². The van der Waals surface area contributed by atoms with Gasteiger partial charge in [0.2, 0.25) is 5.91 Å². The van der Waals surface area contributed by atoms with E-state index >= 15 is 0 Å². The first-order valence-electron chi connectivity index (χ1n) is 5.39. The molecule has 0 aromatic rings. The largest absolute Gasteiger partial charge is 0.481 e. The summed E-state index contributed by atoms with van der Waals surface area (Å²) >= 11 is 0. The number of ether oxygens (including phenoxy) is 1. The Morgan fingerprint density at radius 2 is 2.00 bits per heavy atom. The molecule has 0 fully saturated rings. The Kier molecular flexibility index (Phi) is 6.72. The number of hydrogen-bond donors (Lipinski definition) is 2. The van der Waals surface area contributed by atoms with E-state index in [0.29, 0.717) is 32.4 Å². The predicted molar refractivity (Wildman–Crippen MR) is 60.2 cm³/mol. The maximum Gasteiger partial charge on any atom is 0.309 e. The summed E-state index contributed by atoms with van der Waals surface area (Å²) in [5.41, 5.74) is -0.792. The SMILES string of the molecule is COCCCC(=O)NCCC(C)(C)C(=O)O. The first kappa shape index (κ1) is 14.9. The molecule has 0 aliphatic heterocycles. The number of amides is 1. The molecule has 0 atom stereocenters. The standard InChI is InChI=1S/C11H21NO4/c1-11(2,10(14)15)6-7-12-9(13)5-4-8-16-3/h4-8H2,1-3H3,(H,12,13)(H,14,15). The third-order valence-electron chi connectivity index (χ3n) is 2.40. The molecule has 0 spiro atoms. The number of methoxy groups -OCH3 is 1. The Bertz CT molecular complexity index is 238. The molecule has 1 amide bonds. The fourth-order valence-electron chi connectivity index (χ4n) is 1.09. The van der Waals surface area contributed by atoms with E-state index in [-0.39, 0.29) is 5.91 Å². The van der Waals surface area contributed by atoms with Crippen LogP contribution in [0.2, 0.25) is 0 Å². The smallest absolute Gasteiger partial charge is 0.309 e. The van der Waals surface area contributed by atoms with Gasteiger partial charge in [-0.25, -0.2) is 0 Å². The van der Waals surface area contributed by atoms with Crippen LogP contribution in [-0.4, -0.2) is 37.2 Å². The molecule has 16 heavy (non-hydrogen) atoms. The van der Waals surface area contributed by atoms with Gasteiger partial charge in [-0.1, -0.05) is 0 Å². The maximum absolute atomic E-state index is 11.3. The second-order valence-electron chi connectivity index (χ2n) is 4.39. The number of carboxylic acids is 1. The van der Waals surface area contributed by atoms with Crippen LogP contribution in [0, 0.1) is 5.41 Å². The van der Waals surface area contributed by atoms with Crippen LogP contribution in [0.4, 0.5) is 0 Å². The van der Waals surface area contributed by atoms with Gasteiger partial charge in [-0.3, -0.25) is 9.59 Å². The highest BCUT2D eigenvalue weighted by Crippen LogP contribution is 2.19. The first-order valence-corrected chi connectivity index (χ1v) is 5.39. The predicted octanol–water partition coefficient (Wildman–Crippen LogP) is 1.03. The summed E-state index contributed by atoms with van der Waals surface area (Å²) in [4.78, 5) is 22.0. The van der Waals surface area contributed by atoms with E-state index < -0.39 is 11.4 Å². The van der Waals surface area contributed by atoms with E-state index in [1.54, 1.807) is 21.0 Å². The Morgan fingerprint density at radius 1 is 1.38 bits per heavy atom. The van der Waals surface area contributed by atoms with Gasteiger partial charge in [-0.2, -0.15) is 0 Å². The van der Waals surface area contributed by atoms with E-state index in [1.165, 1.54) is 0 Å². The number of rotatable bonds is 8. The first-order chi connectivity index (χ1) is 7.40. The quantitative estimate of drug-likeness (QED) is 0.612. The van der Waals surface area contributed by atoms with Crippen molar-refractivity contribution in [2.75, 3.05) is 20.3 Å². The molecule has 0 heterocycles. The molecule has 0 aliphatic carbocycles. The number of carboxylic acid groups (broad SMARTS) is 1. The van der Waals surface area contributed by atoms with Crippen molar-refractivity contribution in [2.45, 2.75) is 33.1 Å². The van der Waals surface area contributed by atoms with Gasteiger partial charge in [0, 0.05) is 26.7 Å². The molecular weight excluding hydrogens is 210 g/mol. The average Bonchev–Trinajstić information content (AvgIpc) is 2.17. The van der Waals surface area contributed by atoms with Crippen LogP contribution in [0.15, 0.2) is 0 Å². The lowest BCUT2D eigenvalue weighted by Gasteiger charge is -2.18. The fraction of sp³-hybridized carbons (Fsp3) is 0.818. The Balaban J connectivity index is 3.65. The van der Waals surface area contributed by atoms with Crippen LogP contribution in [0.25, 0.3) is 0 Å². The van der Waals surface area contributed by atoms with E-state index in [2.05, 4.69) is 5.32 Å². The number of carbonyl (C=O) groups is 2. The Labute approximate surface area is 96.2 Å².